The number of nitrogens with zero attached hydrogens (tertiary/aromatic N) is 1. The van der Waals surface area contributed by atoms with E-state index in [-0.39, 0.29) is 11.5 Å². The Labute approximate surface area is 140 Å². The molecular weight excluding hydrogens is 323 g/mol. The van der Waals surface area contributed by atoms with Crippen LogP contribution in [0.2, 0.25) is 10.0 Å². The van der Waals surface area contributed by atoms with Crippen molar-refractivity contribution in [2.24, 2.45) is 0 Å². The molecule has 0 spiro atoms. The van der Waals surface area contributed by atoms with E-state index in [0.29, 0.717) is 10.0 Å². The van der Waals surface area contributed by atoms with E-state index >= 15 is 0 Å². The van der Waals surface area contributed by atoms with Crippen molar-refractivity contribution < 1.29 is 0 Å². The molecule has 1 aromatic heterocycles. The molecule has 1 heterocycles. The van der Waals surface area contributed by atoms with Gasteiger partial charge in [0.05, 0.1) is 11.7 Å². The Bertz CT molecular complexity index is 617. The summed E-state index contributed by atoms with van der Waals surface area (Å²) in [6.07, 6.45) is 0. The fraction of sp³-hybridized carbons (Fsp3) is 0.438. The normalized spacial score (nSPS) is 13.4. The molecule has 1 aromatic carbocycles. The number of hydrogen-bond acceptors (Lipinski definition) is 3. The number of thiazole rings is 1. The molecule has 1 N–H and O–H groups in total. The summed E-state index contributed by atoms with van der Waals surface area (Å²) in [7, 11) is 0. The predicted octanol–water partition coefficient (Wildman–Crippen LogP) is 5.45. The SMILES string of the molecule is CCNC(c1nc(C(C)(C)C)cs1)c1cc(Cl)ccc1Cl. The molecule has 0 aliphatic carbocycles. The second kappa shape index (κ2) is 6.66. The number of aromatic nitrogens is 1. The molecule has 5 heteroatoms. The molecule has 0 aliphatic heterocycles. The van der Waals surface area contributed by atoms with E-state index in [1.54, 1.807) is 17.4 Å². The zero-order chi connectivity index (χ0) is 15.6. The van der Waals surface area contributed by atoms with Crippen LogP contribution < -0.4 is 5.32 Å². The maximum Gasteiger partial charge on any atom is 0.114 e. The second-order valence-corrected chi connectivity index (χ2v) is 7.71. The Hall–Kier alpha value is -0.610. The Balaban J connectivity index is 2.44. The second-order valence-electron chi connectivity index (χ2n) is 5.98. The van der Waals surface area contributed by atoms with Crippen LogP contribution in [0.25, 0.3) is 0 Å². The van der Waals surface area contributed by atoms with Crippen molar-refractivity contribution in [3.63, 3.8) is 0 Å². The number of hydrogen-bond donors (Lipinski definition) is 1. The minimum Gasteiger partial charge on any atom is -0.304 e. The summed E-state index contributed by atoms with van der Waals surface area (Å²) in [6, 6.07) is 5.53. The minimum absolute atomic E-state index is 0.0256. The molecule has 2 nitrogen and oxygen atoms in total. The first-order valence-corrected chi connectivity index (χ1v) is 8.60. The van der Waals surface area contributed by atoms with Crippen LogP contribution >= 0.6 is 34.5 Å². The van der Waals surface area contributed by atoms with Crippen molar-refractivity contribution in [3.8, 4) is 0 Å². The number of nitrogens with one attached hydrogen (secondary N) is 1. The summed E-state index contributed by atoms with van der Waals surface area (Å²) >= 11 is 14.1. The van der Waals surface area contributed by atoms with Crippen LogP contribution in [0.15, 0.2) is 23.6 Å². The van der Waals surface area contributed by atoms with Crippen LogP contribution in [0.1, 0.15) is 50.0 Å². The number of benzene rings is 1. The molecule has 0 radical (unpaired) electrons. The molecule has 0 fully saturated rings. The van der Waals surface area contributed by atoms with Crippen LogP contribution in [0.5, 0.6) is 0 Å². The van der Waals surface area contributed by atoms with Gasteiger partial charge in [-0.2, -0.15) is 0 Å². The van der Waals surface area contributed by atoms with Crippen LogP contribution in [-0.2, 0) is 5.41 Å². The highest BCUT2D eigenvalue weighted by atomic mass is 35.5. The third-order valence-electron chi connectivity index (χ3n) is 3.21. The van der Waals surface area contributed by atoms with Crippen LogP contribution in [0.4, 0.5) is 0 Å². The molecule has 0 saturated heterocycles. The van der Waals surface area contributed by atoms with Crippen LogP contribution in [0, 0.1) is 0 Å². The van der Waals surface area contributed by atoms with Gasteiger partial charge in [-0.3, -0.25) is 0 Å². The van der Waals surface area contributed by atoms with Crippen molar-refractivity contribution in [1.82, 2.24) is 10.3 Å². The summed E-state index contributed by atoms with van der Waals surface area (Å²) in [5.74, 6) is 0. The molecule has 2 rings (SSSR count). The molecule has 114 valence electrons. The lowest BCUT2D eigenvalue weighted by Crippen LogP contribution is -2.22. The third kappa shape index (κ3) is 3.98. The number of rotatable bonds is 4. The van der Waals surface area contributed by atoms with E-state index in [9.17, 15) is 0 Å². The molecule has 0 saturated carbocycles. The van der Waals surface area contributed by atoms with E-state index in [2.05, 4.69) is 38.4 Å². The van der Waals surface area contributed by atoms with Gasteiger partial charge in [-0.05, 0) is 30.3 Å². The Kier molecular flexibility index (Phi) is 5.31. The lowest BCUT2D eigenvalue weighted by Gasteiger charge is -2.18. The quantitative estimate of drug-likeness (QED) is 0.799. The molecule has 2 aromatic rings. The van der Waals surface area contributed by atoms with Gasteiger partial charge < -0.3 is 5.32 Å². The van der Waals surface area contributed by atoms with E-state index in [4.69, 9.17) is 28.2 Å². The Morgan fingerprint density at radius 2 is 2.00 bits per heavy atom. The van der Waals surface area contributed by atoms with Crippen molar-refractivity contribution >= 4 is 34.5 Å². The highest BCUT2D eigenvalue weighted by molar-refractivity contribution is 7.09. The molecule has 0 amide bonds. The maximum absolute atomic E-state index is 6.35. The van der Waals surface area contributed by atoms with Crippen molar-refractivity contribution in [2.45, 2.75) is 39.2 Å². The first-order valence-electron chi connectivity index (χ1n) is 6.97. The minimum atomic E-state index is -0.0256. The highest BCUT2D eigenvalue weighted by Gasteiger charge is 2.23. The fourth-order valence-corrected chi connectivity index (χ4v) is 3.58. The lowest BCUT2D eigenvalue weighted by atomic mass is 9.93. The maximum atomic E-state index is 6.35. The summed E-state index contributed by atoms with van der Waals surface area (Å²) in [6.45, 7) is 9.41. The Morgan fingerprint density at radius 3 is 2.57 bits per heavy atom. The summed E-state index contributed by atoms with van der Waals surface area (Å²) in [5.41, 5.74) is 2.12. The zero-order valence-electron chi connectivity index (χ0n) is 12.7. The molecular formula is C16H20Cl2N2S. The van der Waals surface area contributed by atoms with Crippen molar-refractivity contribution in [1.29, 1.82) is 0 Å². The van der Waals surface area contributed by atoms with Crippen molar-refractivity contribution in [3.05, 3.63) is 49.9 Å². The smallest absolute Gasteiger partial charge is 0.114 e. The average molecular weight is 343 g/mol. The van der Waals surface area contributed by atoms with Gasteiger partial charge in [0.2, 0.25) is 0 Å². The monoisotopic (exact) mass is 342 g/mol. The topological polar surface area (TPSA) is 24.9 Å². The first kappa shape index (κ1) is 16.8. The van der Waals surface area contributed by atoms with E-state index < -0.39 is 0 Å². The van der Waals surface area contributed by atoms with Crippen LogP contribution in [-0.4, -0.2) is 11.5 Å². The van der Waals surface area contributed by atoms with E-state index in [1.807, 2.05) is 12.1 Å². The predicted molar refractivity (Wildman–Crippen MR) is 92.8 cm³/mol. The lowest BCUT2D eigenvalue weighted by molar-refractivity contribution is 0.562. The van der Waals surface area contributed by atoms with Gasteiger partial charge in [0.25, 0.3) is 0 Å². The van der Waals surface area contributed by atoms with Gasteiger partial charge in [-0.15, -0.1) is 11.3 Å². The molecule has 0 aliphatic rings. The van der Waals surface area contributed by atoms with Gasteiger partial charge in [0, 0.05) is 20.8 Å². The zero-order valence-corrected chi connectivity index (χ0v) is 15.0. The third-order valence-corrected chi connectivity index (χ3v) is 4.70. The van der Waals surface area contributed by atoms with Gasteiger partial charge in [0.15, 0.2) is 0 Å². The van der Waals surface area contributed by atoms with Crippen molar-refractivity contribution in [2.75, 3.05) is 6.54 Å². The summed E-state index contributed by atoms with van der Waals surface area (Å²) in [4.78, 5) is 4.80. The fourth-order valence-electron chi connectivity index (χ4n) is 2.03. The average Bonchev–Trinajstić information content (AvgIpc) is 2.88. The molecule has 1 unspecified atom stereocenters. The van der Waals surface area contributed by atoms with Gasteiger partial charge >= 0.3 is 0 Å². The van der Waals surface area contributed by atoms with Gasteiger partial charge in [0.1, 0.15) is 5.01 Å². The standard InChI is InChI=1S/C16H20Cl2N2S/c1-5-19-14(11-8-10(17)6-7-12(11)18)15-20-13(9-21-15)16(2,3)4/h6-9,14,19H,5H2,1-4H3. The van der Waals surface area contributed by atoms with Gasteiger partial charge in [-0.1, -0.05) is 50.9 Å². The van der Waals surface area contributed by atoms with E-state index in [1.165, 1.54) is 0 Å². The van der Waals surface area contributed by atoms with Crippen LogP contribution in [0.3, 0.4) is 0 Å². The van der Waals surface area contributed by atoms with Gasteiger partial charge in [-0.25, -0.2) is 4.98 Å². The molecule has 0 bridgehead atoms. The largest absolute Gasteiger partial charge is 0.304 e. The first-order chi connectivity index (χ1) is 9.82. The van der Waals surface area contributed by atoms with E-state index in [0.717, 1.165) is 22.8 Å². The highest BCUT2D eigenvalue weighted by Crippen LogP contribution is 2.34. The number of halogens is 2. The Morgan fingerprint density at radius 1 is 1.29 bits per heavy atom. The molecule has 21 heavy (non-hydrogen) atoms. The summed E-state index contributed by atoms with van der Waals surface area (Å²) in [5, 5.41) is 7.99. The molecule has 1 atom stereocenters. The summed E-state index contributed by atoms with van der Waals surface area (Å²) < 4.78 is 0.